The molecule has 1 amide bonds. The molecule has 0 saturated carbocycles. The summed E-state index contributed by atoms with van der Waals surface area (Å²) in [6.45, 7) is 7.22. The molecule has 29 heavy (non-hydrogen) atoms. The number of nitrogens with one attached hydrogen (secondary N) is 1. The third-order valence-corrected chi connectivity index (χ3v) is 6.07. The quantitative estimate of drug-likeness (QED) is 0.499. The van der Waals surface area contributed by atoms with Crippen molar-refractivity contribution in [3.63, 3.8) is 0 Å². The molecule has 1 atom stereocenters. The first-order valence-corrected chi connectivity index (χ1v) is 11.2. The highest BCUT2D eigenvalue weighted by molar-refractivity contribution is 8.00. The number of thioether (sulfide) groups is 1. The zero-order chi connectivity index (χ0) is 20.6. The number of methoxy groups -OCH3 is 1. The van der Waals surface area contributed by atoms with Crippen molar-refractivity contribution in [1.82, 2.24) is 20.1 Å². The Bertz CT molecular complexity index is 787. The summed E-state index contributed by atoms with van der Waals surface area (Å²) >= 11 is 1.45. The summed E-state index contributed by atoms with van der Waals surface area (Å²) in [6.07, 6.45) is 4.41. The smallest absolute Gasteiger partial charge is 0.233 e. The number of carbonyl (C=O) groups is 1. The van der Waals surface area contributed by atoms with Gasteiger partial charge in [-0.05, 0) is 51.7 Å². The zero-order valence-electron chi connectivity index (χ0n) is 17.6. The molecule has 1 aliphatic rings. The maximum absolute atomic E-state index is 12.5. The van der Waals surface area contributed by atoms with E-state index in [1.54, 1.807) is 7.11 Å². The largest absolute Gasteiger partial charge is 0.385 e. The van der Waals surface area contributed by atoms with Crippen LogP contribution < -0.4 is 10.2 Å². The van der Waals surface area contributed by atoms with E-state index in [4.69, 9.17) is 4.74 Å². The molecule has 0 radical (unpaired) electrons. The molecule has 1 aromatic heterocycles. The van der Waals surface area contributed by atoms with Crippen LogP contribution in [0.5, 0.6) is 0 Å². The molecule has 0 aliphatic carbocycles. The van der Waals surface area contributed by atoms with E-state index in [1.165, 1.54) is 36.6 Å². The first kappa shape index (κ1) is 21.6. The van der Waals surface area contributed by atoms with Gasteiger partial charge in [0.2, 0.25) is 11.9 Å². The number of aryl methyl sites for hydroxylation is 1. The predicted octanol–water partition coefficient (Wildman–Crippen LogP) is 3.20. The molecule has 0 bridgehead atoms. The minimum atomic E-state index is -0.264. The lowest BCUT2D eigenvalue weighted by atomic mass is 10.1. The molecule has 2 aromatic rings. The van der Waals surface area contributed by atoms with Gasteiger partial charge in [0, 0.05) is 33.4 Å². The molecule has 158 valence electrons. The van der Waals surface area contributed by atoms with E-state index in [-0.39, 0.29) is 11.2 Å². The maximum atomic E-state index is 12.5. The van der Waals surface area contributed by atoms with E-state index >= 15 is 0 Å². The molecule has 1 fully saturated rings. The van der Waals surface area contributed by atoms with Gasteiger partial charge < -0.3 is 15.0 Å². The Hall–Kier alpha value is -2.06. The van der Waals surface area contributed by atoms with Crippen molar-refractivity contribution < 1.29 is 9.53 Å². The number of ether oxygens (including phenoxy) is 1. The van der Waals surface area contributed by atoms with E-state index in [0.29, 0.717) is 13.2 Å². The van der Waals surface area contributed by atoms with Crippen molar-refractivity contribution in [3.05, 3.63) is 29.8 Å². The van der Waals surface area contributed by atoms with Gasteiger partial charge in [-0.3, -0.25) is 9.36 Å². The second-order valence-corrected chi connectivity index (χ2v) is 8.71. The van der Waals surface area contributed by atoms with Crippen molar-refractivity contribution in [2.24, 2.45) is 0 Å². The highest BCUT2D eigenvalue weighted by atomic mass is 32.2. The fourth-order valence-electron chi connectivity index (χ4n) is 3.34. The van der Waals surface area contributed by atoms with E-state index in [9.17, 15) is 4.79 Å². The number of nitrogens with zero attached hydrogens (tertiary/aromatic N) is 4. The average Bonchev–Trinajstić information content (AvgIpc) is 3.15. The lowest BCUT2D eigenvalue weighted by Crippen LogP contribution is -2.33. The van der Waals surface area contributed by atoms with Gasteiger partial charge in [-0.2, -0.15) is 0 Å². The third-order valence-electron chi connectivity index (χ3n) is 5.02. The fourth-order valence-corrected chi connectivity index (χ4v) is 4.23. The minimum absolute atomic E-state index is 0.00378. The summed E-state index contributed by atoms with van der Waals surface area (Å²) in [4.78, 5) is 14.8. The Morgan fingerprint density at radius 2 is 1.93 bits per heavy atom. The van der Waals surface area contributed by atoms with Gasteiger partial charge in [0.25, 0.3) is 0 Å². The Balaban J connectivity index is 1.79. The molecular weight excluding hydrogens is 386 g/mol. The van der Waals surface area contributed by atoms with Gasteiger partial charge in [-0.25, -0.2) is 0 Å². The van der Waals surface area contributed by atoms with Crippen LogP contribution in [0.1, 0.15) is 38.2 Å². The predicted molar refractivity (Wildman–Crippen MR) is 117 cm³/mol. The minimum Gasteiger partial charge on any atom is -0.385 e. The van der Waals surface area contributed by atoms with E-state index in [1.807, 2.05) is 6.92 Å². The monoisotopic (exact) mass is 417 g/mol. The molecule has 1 N–H and O–H groups in total. The van der Waals surface area contributed by atoms with Crippen LogP contribution >= 0.6 is 11.8 Å². The number of piperidine rings is 1. The van der Waals surface area contributed by atoms with Crippen molar-refractivity contribution in [3.8, 4) is 5.69 Å². The summed E-state index contributed by atoms with van der Waals surface area (Å²) in [6, 6.07) is 8.36. The number of hydrogen-bond acceptors (Lipinski definition) is 6. The summed E-state index contributed by atoms with van der Waals surface area (Å²) in [5.41, 5.74) is 2.23. The SMILES string of the molecule is COCCCNC(=O)C(C)Sc1nnc(N2CCCCC2)n1-c1ccc(C)cc1. The van der Waals surface area contributed by atoms with Crippen LogP contribution in [0.15, 0.2) is 29.4 Å². The van der Waals surface area contributed by atoms with Crippen LogP contribution in [0.2, 0.25) is 0 Å². The molecule has 2 heterocycles. The molecule has 3 rings (SSSR count). The van der Waals surface area contributed by atoms with Crippen LogP contribution in [0, 0.1) is 6.92 Å². The summed E-state index contributed by atoms with van der Waals surface area (Å²) < 4.78 is 7.12. The fraction of sp³-hybridized carbons (Fsp3) is 0.571. The standard InChI is InChI=1S/C21H31N5O2S/c1-16-8-10-18(11-9-16)26-20(25-13-5-4-6-14-25)23-24-21(26)29-17(2)19(27)22-12-7-15-28-3/h8-11,17H,4-7,12-15H2,1-3H3,(H,22,27). The number of hydrogen-bond donors (Lipinski definition) is 1. The Kier molecular flexibility index (Phi) is 7.94. The Morgan fingerprint density at radius 1 is 1.21 bits per heavy atom. The van der Waals surface area contributed by atoms with E-state index in [2.05, 4.69) is 56.2 Å². The van der Waals surface area contributed by atoms with Crippen molar-refractivity contribution >= 4 is 23.6 Å². The van der Waals surface area contributed by atoms with Crippen LogP contribution in [0.3, 0.4) is 0 Å². The summed E-state index contributed by atoms with van der Waals surface area (Å²) in [5.74, 6) is 0.868. The number of carbonyl (C=O) groups excluding carboxylic acids is 1. The van der Waals surface area contributed by atoms with Crippen molar-refractivity contribution in [2.75, 3.05) is 38.3 Å². The number of rotatable bonds is 9. The number of anilines is 1. The van der Waals surface area contributed by atoms with Crippen LogP contribution in [0.4, 0.5) is 5.95 Å². The first-order valence-electron chi connectivity index (χ1n) is 10.3. The molecule has 8 heteroatoms. The number of amides is 1. The second-order valence-electron chi connectivity index (χ2n) is 7.40. The van der Waals surface area contributed by atoms with E-state index in [0.717, 1.165) is 36.3 Å². The van der Waals surface area contributed by atoms with Gasteiger partial charge in [-0.1, -0.05) is 29.5 Å². The zero-order valence-corrected chi connectivity index (χ0v) is 18.4. The Labute approximate surface area is 177 Å². The average molecular weight is 418 g/mol. The molecule has 1 aliphatic heterocycles. The third kappa shape index (κ3) is 5.73. The second kappa shape index (κ2) is 10.6. The topological polar surface area (TPSA) is 72.3 Å². The molecular formula is C21H31N5O2S. The highest BCUT2D eigenvalue weighted by Gasteiger charge is 2.24. The van der Waals surface area contributed by atoms with Crippen LogP contribution in [-0.2, 0) is 9.53 Å². The number of aromatic nitrogens is 3. The maximum Gasteiger partial charge on any atom is 0.233 e. The lowest BCUT2D eigenvalue weighted by molar-refractivity contribution is -0.120. The summed E-state index contributed by atoms with van der Waals surface area (Å²) in [5, 5.41) is 12.4. The molecule has 1 aromatic carbocycles. The van der Waals surface area contributed by atoms with Crippen molar-refractivity contribution in [1.29, 1.82) is 0 Å². The lowest BCUT2D eigenvalue weighted by Gasteiger charge is -2.28. The molecule has 0 spiro atoms. The van der Waals surface area contributed by atoms with E-state index < -0.39 is 0 Å². The molecule has 7 nitrogen and oxygen atoms in total. The van der Waals surface area contributed by atoms with Gasteiger partial charge in [0.15, 0.2) is 5.16 Å². The van der Waals surface area contributed by atoms with Gasteiger partial charge in [-0.15, -0.1) is 10.2 Å². The van der Waals surface area contributed by atoms with Crippen LogP contribution in [0.25, 0.3) is 5.69 Å². The normalized spacial score (nSPS) is 15.3. The highest BCUT2D eigenvalue weighted by Crippen LogP contribution is 2.30. The van der Waals surface area contributed by atoms with Gasteiger partial charge in [0.05, 0.1) is 10.9 Å². The van der Waals surface area contributed by atoms with Gasteiger partial charge in [0.1, 0.15) is 0 Å². The number of benzene rings is 1. The summed E-state index contributed by atoms with van der Waals surface area (Å²) in [7, 11) is 1.66. The van der Waals surface area contributed by atoms with Gasteiger partial charge >= 0.3 is 0 Å². The molecule has 1 saturated heterocycles. The Morgan fingerprint density at radius 3 is 2.62 bits per heavy atom. The van der Waals surface area contributed by atoms with Crippen LogP contribution in [-0.4, -0.2) is 59.3 Å². The van der Waals surface area contributed by atoms with Crippen molar-refractivity contribution in [2.45, 2.75) is 49.9 Å². The first-order chi connectivity index (χ1) is 14.1. The molecule has 1 unspecified atom stereocenters.